The van der Waals surface area contributed by atoms with Gasteiger partial charge in [-0.05, 0) is 34.9 Å². The lowest BCUT2D eigenvalue weighted by Gasteiger charge is -2.13. The fraction of sp³-hybridized carbons (Fsp3) is 0.0714. The molecular weight excluding hydrogens is 396 g/mol. The first kappa shape index (κ1) is 19.8. The molecule has 4 heteroatoms. The van der Waals surface area contributed by atoms with Crippen molar-refractivity contribution in [2.45, 2.75) is 6.54 Å². The highest BCUT2D eigenvalue weighted by Crippen LogP contribution is 2.34. The Hall–Kier alpha value is -4.18. The van der Waals surface area contributed by atoms with E-state index in [2.05, 4.69) is 41.0 Å². The SMILES string of the molecule is COC(=O)c1ccc2c(c1)nc(-c1ccccc1-c1ccccc1)n2Cc1ccccc1. The van der Waals surface area contributed by atoms with Crippen LogP contribution in [0.25, 0.3) is 33.5 Å². The zero-order valence-corrected chi connectivity index (χ0v) is 17.7. The number of methoxy groups -OCH3 is 1. The van der Waals surface area contributed by atoms with Crippen molar-refractivity contribution in [3.63, 3.8) is 0 Å². The lowest BCUT2D eigenvalue weighted by molar-refractivity contribution is 0.0601. The zero-order valence-electron chi connectivity index (χ0n) is 17.7. The Morgan fingerprint density at radius 2 is 1.47 bits per heavy atom. The quantitative estimate of drug-likeness (QED) is 0.319. The van der Waals surface area contributed by atoms with Crippen molar-refractivity contribution in [1.82, 2.24) is 9.55 Å². The van der Waals surface area contributed by atoms with Gasteiger partial charge in [0.25, 0.3) is 0 Å². The molecule has 0 spiro atoms. The van der Waals surface area contributed by atoms with Crippen LogP contribution >= 0.6 is 0 Å². The number of rotatable bonds is 5. The highest BCUT2D eigenvalue weighted by molar-refractivity contribution is 5.95. The number of hydrogen-bond acceptors (Lipinski definition) is 3. The van der Waals surface area contributed by atoms with Gasteiger partial charge >= 0.3 is 5.97 Å². The lowest BCUT2D eigenvalue weighted by Crippen LogP contribution is -2.03. The summed E-state index contributed by atoms with van der Waals surface area (Å²) in [7, 11) is 1.39. The summed E-state index contributed by atoms with van der Waals surface area (Å²) in [6.45, 7) is 0.674. The van der Waals surface area contributed by atoms with Crippen LogP contribution in [-0.2, 0) is 11.3 Å². The van der Waals surface area contributed by atoms with Crippen LogP contribution in [0.1, 0.15) is 15.9 Å². The number of ether oxygens (including phenoxy) is 1. The van der Waals surface area contributed by atoms with E-state index in [1.54, 1.807) is 12.1 Å². The van der Waals surface area contributed by atoms with E-state index in [1.807, 2.05) is 54.6 Å². The number of hydrogen-bond donors (Lipinski definition) is 0. The summed E-state index contributed by atoms with van der Waals surface area (Å²) < 4.78 is 7.12. The van der Waals surface area contributed by atoms with Gasteiger partial charge in [-0.15, -0.1) is 0 Å². The second-order valence-corrected chi connectivity index (χ2v) is 7.61. The highest BCUT2D eigenvalue weighted by Gasteiger charge is 2.18. The molecule has 1 heterocycles. The number of esters is 1. The number of imidazole rings is 1. The van der Waals surface area contributed by atoms with Gasteiger partial charge in [-0.2, -0.15) is 0 Å². The van der Waals surface area contributed by atoms with E-state index >= 15 is 0 Å². The molecule has 0 saturated heterocycles. The standard InChI is InChI=1S/C28H22N2O2/c1-32-28(31)22-16-17-26-25(18-22)29-27(30(26)19-20-10-4-2-5-11-20)24-15-9-8-14-23(24)21-12-6-3-7-13-21/h2-18H,19H2,1H3. The highest BCUT2D eigenvalue weighted by atomic mass is 16.5. The van der Waals surface area contributed by atoms with Gasteiger partial charge in [0.05, 0.1) is 23.7 Å². The molecule has 0 atom stereocenters. The minimum atomic E-state index is -0.365. The Labute approximate surface area is 186 Å². The molecule has 4 nitrogen and oxygen atoms in total. The average molecular weight is 418 g/mol. The molecule has 32 heavy (non-hydrogen) atoms. The molecule has 0 unspecified atom stereocenters. The largest absolute Gasteiger partial charge is 0.465 e. The maximum Gasteiger partial charge on any atom is 0.337 e. The van der Waals surface area contributed by atoms with Gasteiger partial charge < -0.3 is 9.30 Å². The molecule has 5 aromatic rings. The van der Waals surface area contributed by atoms with Gasteiger partial charge in [-0.25, -0.2) is 9.78 Å². The van der Waals surface area contributed by atoms with Crippen LogP contribution in [0.4, 0.5) is 0 Å². The van der Waals surface area contributed by atoms with Gasteiger partial charge in [-0.1, -0.05) is 84.9 Å². The smallest absolute Gasteiger partial charge is 0.337 e. The molecule has 1 aromatic heterocycles. The van der Waals surface area contributed by atoms with Crippen LogP contribution < -0.4 is 0 Å². The summed E-state index contributed by atoms with van der Waals surface area (Å²) in [5.74, 6) is 0.501. The first-order valence-electron chi connectivity index (χ1n) is 10.5. The van der Waals surface area contributed by atoms with E-state index in [4.69, 9.17) is 9.72 Å². The topological polar surface area (TPSA) is 44.1 Å². The fourth-order valence-electron chi connectivity index (χ4n) is 4.05. The van der Waals surface area contributed by atoms with Gasteiger partial charge in [0, 0.05) is 12.1 Å². The predicted octanol–water partition coefficient (Wildman–Crippen LogP) is 6.21. The Bertz CT molecular complexity index is 1390. The maximum atomic E-state index is 12.1. The lowest BCUT2D eigenvalue weighted by atomic mass is 9.99. The number of fused-ring (bicyclic) bond motifs is 1. The minimum Gasteiger partial charge on any atom is -0.465 e. The average Bonchev–Trinajstić information content (AvgIpc) is 3.22. The van der Waals surface area contributed by atoms with Crippen LogP contribution in [0.2, 0.25) is 0 Å². The van der Waals surface area contributed by atoms with Gasteiger partial charge in [0.2, 0.25) is 0 Å². The summed E-state index contributed by atoms with van der Waals surface area (Å²) in [6, 6.07) is 34.5. The molecule has 0 fully saturated rings. The van der Waals surface area contributed by atoms with E-state index in [0.717, 1.165) is 33.5 Å². The molecule has 5 rings (SSSR count). The Morgan fingerprint density at radius 1 is 0.812 bits per heavy atom. The van der Waals surface area contributed by atoms with Crippen molar-refractivity contribution in [2.75, 3.05) is 7.11 Å². The van der Waals surface area contributed by atoms with E-state index in [9.17, 15) is 4.79 Å². The third-order valence-corrected chi connectivity index (χ3v) is 5.61. The van der Waals surface area contributed by atoms with Crippen LogP contribution in [0.15, 0.2) is 103 Å². The molecule has 0 radical (unpaired) electrons. The maximum absolute atomic E-state index is 12.1. The number of benzene rings is 4. The van der Waals surface area contributed by atoms with Crippen molar-refractivity contribution < 1.29 is 9.53 Å². The molecule has 0 saturated carbocycles. The number of carbonyl (C=O) groups excluding carboxylic acids is 1. The summed E-state index contributed by atoms with van der Waals surface area (Å²) in [6.07, 6.45) is 0. The van der Waals surface area contributed by atoms with Gasteiger partial charge in [0.1, 0.15) is 5.82 Å². The van der Waals surface area contributed by atoms with Crippen molar-refractivity contribution >= 4 is 17.0 Å². The molecule has 156 valence electrons. The van der Waals surface area contributed by atoms with Crippen molar-refractivity contribution in [3.05, 3.63) is 114 Å². The molecule has 0 N–H and O–H groups in total. The molecule has 0 amide bonds. The van der Waals surface area contributed by atoms with E-state index in [-0.39, 0.29) is 5.97 Å². The Kier molecular flexibility index (Phi) is 5.26. The molecule has 0 aliphatic carbocycles. The summed E-state index contributed by atoms with van der Waals surface area (Å²) >= 11 is 0. The molecule has 0 aliphatic heterocycles. The number of nitrogens with zero attached hydrogens (tertiary/aromatic N) is 2. The first-order valence-corrected chi connectivity index (χ1v) is 10.5. The van der Waals surface area contributed by atoms with Gasteiger partial charge in [-0.3, -0.25) is 0 Å². The molecule has 4 aromatic carbocycles. The van der Waals surface area contributed by atoms with Crippen LogP contribution in [0, 0.1) is 0 Å². The van der Waals surface area contributed by atoms with Crippen molar-refractivity contribution in [2.24, 2.45) is 0 Å². The Balaban J connectivity index is 1.74. The predicted molar refractivity (Wildman–Crippen MR) is 127 cm³/mol. The summed E-state index contributed by atoms with van der Waals surface area (Å²) in [4.78, 5) is 17.1. The minimum absolute atomic E-state index is 0.365. The summed E-state index contributed by atoms with van der Waals surface area (Å²) in [5, 5.41) is 0. The third kappa shape index (κ3) is 3.67. The zero-order chi connectivity index (χ0) is 21.9. The van der Waals surface area contributed by atoms with Crippen LogP contribution in [0.5, 0.6) is 0 Å². The first-order chi connectivity index (χ1) is 15.7. The normalized spacial score (nSPS) is 10.9. The van der Waals surface area contributed by atoms with E-state index in [1.165, 1.54) is 12.7 Å². The van der Waals surface area contributed by atoms with Crippen LogP contribution in [0.3, 0.4) is 0 Å². The number of carbonyl (C=O) groups is 1. The van der Waals surface area contributed by atoms with Crippen LogP contribution in [-0.4, -0.2) is 22.6 Å². The molecule has 0 aliphatic rings. The summed E-state index contributed by atoms with van der Waals surface area (Å²) in [5.41, 5.74) is 6.71. The molecular formula is C28H22N2O2. The third-order valence-electron chi connectivity index (χ3n) is 5.61. The van der Waals surface area contributed by atoms with E-state index in [0.29, 0.717) is 12.1 Å². The number of aromatic nitrogens is 2. The fourth-order valence-corrected chi connectivity index (χ4v) is 4.05. The molecule has 0 bridgehead atoms. The second-order valence-electron chi connectivity index (χ2n) is 7.61. The second kappa shape index (κ2) is 8.52. The van der Waals surface area contributed by atoms with Gasteiger partial charge in [0.15, 0.2) is 0 Å². The van der Waals surface area contributed by atoms with Crippen molar-refractivity contribution in [3.8, 4) is 22.5 Å². The monoisotopic (exact) mass is 418 g/mol. The Morgan fingerprint density at radius 3 is 2.19 bits per heavy atom. The van der Waals surface area contributed by atoms with E-state index < -0.39 is 0 Å². The van der Waals surface area contributed by atoms with Crippen molar-refractivity contribution in [1.29, 1.82) is 0 Å².